The number of carbonyl (C=O) groups excluding carboxylic acids is 2. The van der Waals surface area contributed by atoms with Gasteiger partial charge in [-0.2, -0.15) is 0 Å². The number of Topliss-reactive ketones (excluding diaryl/α,β-unsaturated/α-hetero) is 1. The van der Waals surface area contributed by atoms with Crippen molar-refractivity contribution < 1.29 is 14.3 Å². The summed E-state index contributed by atoms with van der Waals surface area (Å²) in [6, 6.07) is 16.0. The van der Waals surface area contributed by atoms with Crippen LogP contribution in [0.25, 0.3) is 0 Å². The molecule has 0 saturated carbocycles. The summed E-state index contributed by atoms with van der Waals surface area (Å²) >= 11 is 6.51. The summed E-state index contributed by atoms with van der Waals surface area (Å²) in [7, 11) is 0. The third-order valence-corrected chi connectivity index (χ3v) is 10.4. The van der Waals surface area contributed by atoms with Gasteiger partial charge in [-0.25, -0.2) is 4.99 Å². The molecular weight excluding hydrogens is 622 g/mol. The number of ether oxygens (including phenoxy) is 1. The Morgan fingerprint density at radius 1 is 1.02 bits per heavy atom. The Morgan fingerprint density at radius 3 is 2.50 bits per heavy atom. The van der Waals surface area contributed by atoms with Crippen LogP contribution in [0.2, 0.25) is 5.02 Å². The van der Waals surface area contributed by atoms with E-state index < -0.39 is 6.04 Å². The highest BCUT2D eigenvalue weighted by atomic mass is 35.5. The van der Waals surface area contributed by atoms with E-state index in [1.807, 2.05) is 35.2 Å². The van der Waals surface area contributed by atoms with Gasteiger partial charge in [0, 0.05) is 37.1 Å². The van der Waals surface area contributed by atoms with Gasteiger partial charge in [-0.05, 0) is 87.8 Å². The minimum absolute atomic E-state index is 0.0276. The molecule has 0 bridgehead atoms. The molecule has 3 aliphatic heterocycles. The first-order valence-electron chi connectivity index (χ1n) is 18.4. The molecule has 8 nitrogen and oxygen atoms in total. The minimum Gasteiger partial charge on any atom is -0.455 e. The molecule has 0 radical (unpaired) electrons. The number of hydrogen-bond donors (Lipinski definition) is 1. The maximum Gasteiger partial charge on any atom is 0.288 e. The Labute approximate surface area is 293 Å². The van der Waals surface area contributed by atoms with E-state index in [0.717, 1.165) is 53.9 Å². The van der Waals surface area contributed by atoms with Crippen LogP contribution in [-0.2, 0) is 27.2 Å². The van der Waals surface area contributed by atoms with E-state index in [1.165, 1.54) is 32.4 Å². The lowest BCUT2D eigenvalue weighted by atomic mass is 9.98. The lowest BCUT2D eigenvalue weighted by Gasteiger charge is -2.42. The highest BCUT2D eigenvalue weighted by Crippen LogP contribution is 2.31. The third-order valence-electron chi connectivity index (χ3n) is 10.1. The van der Waals surface area contributed by atoms with Crippen molar-refractivity contribution in [1.29, 1.82) is 0 Å². The number of aliphatic imine (C=N–C) groups is 1. The molecule has 5 rings (SSSR count). The molecule has 4 atom stereocenters. The van der Waals surface area contributed by atoms with Gasteiger partial charge in [-0.1, -0.05) is 87.7 Å². The first kappa shape index (κ1) is 36.3. The van der Waals surface area contributed by atoms with Gasteiger partial charge in [0.05, 0.1) is 12.1 Å². The van der Waals surface area contributed by atoms with Crippen LogP contribution in [-0.4, -0.2) is 95.8 Å². The molecule has 1 N–H and O–H groups in total. The van der Waals surface area contributed by atoms with E-state index in [2.05, 4.69) is 61.0 Å². The zero-order valence-corrected chi connectivity index (χ0v) is 30.3. The summed E-state index contributed by atoms with van der Waals surface area (Å²) in [5, 5.41) is 4.29. The van der Waals surface area contributed by atoms with Crippen LogP contribution in [0.5, 0.6) is 0 Å². The van der Waals surface area contributed by atoms with Gasteiger partial charge in [0.25, 0.3) is 6.02 Å². The third kappa shape index (κ3) is 9.60. The predicted molar refractivity (Wildman–Crippen MR) is 195 cm³/mol. The summed E-state index contributed by atoms with van der Waals surface area (Å²) in [5.41, 5.74) is 3.22. The molecule has 262 valence electrons. The van der Waals surface area contributed by atoms with E-state index in [9.17, 15) is 9.59 Å². The molecule has 2 fully saturated rings. The van der Waals surface area contributed by atoms with Crippen LogP contribution in [0, 0.1) is 0 Å². The molecule has 0 aromatic heterocycles. The molecule has 2 saturated heterocycles. The zero-order chi connectivity index (χ0) is 34.0. The SMILES string of the molecule is CCc1ccc(CCC(=O)[C@@H]2CN(C3=N[C@@H](C)[C@H](c4ccccc4)O3)CCN2C(=O)[C@@H](CCCCN2CCCCC2)NC(C)C)cc1Cl. The number of halogens is 1. The van der Waals surface area contributed by atoms with Gasteiger partial charge in [-0.15, -0.1) is 0 Å². The number of piperidine rings is 1. The molecule has 2 aromatic carbocycles. The maximum atomic E-state index is 14.4. The molecule has 3 aliphatic rings. The Hall–Kier alpha value is -2.94. The molecule has 0 spiro atoms. The number of amidine groups is 1. The summed E-state index contributed by atoms with van der Waals surface area (Å²) in [6.45, 7) is 13.2. The summed E-state index contributed by atoms with van der Waals surface area (Å²) in [4.78, 5) is 39.9. The second-order valence-electron chi connectivity index (χ2n) is 14.1. The van der Waals surface area contributed by atoms with Crippen molar-refractivity contribution in [3.63, 3.8) is 0 Å². The van der Waals surface area contributed by atoms with Gasteiger partial charge in [0.2, 0.25) is 5.91 Å². The van der Waals surface area contributed by atoms with Crippen molar-refractivity contribution in [1.82, 2.24) is 20.0 Å². The topological polar surface area (TPSA) is 77.5 Å². The summed E-state index contributed by atoms with van der Waals surface area (Å²) < 4.78 is 6.43. The molecule has 3 heterocycles. The standard InChI is InChI=1S/C39H56ClN5O3/c1-5-31-19-17-30(26-33(31)40)18-20-36(46)35-27-44(39-42-29(4)37(48-39)32-14-8-6-9-15-32)24-25-45(35)38(47)34(41-28(2)3)16-10-13-23-43-21-11-7-12-22-43/h6,8-9,14-15,17,19,26,28-29,34-35,37,41H,5,7,10-13,16,18,20-25,27H2,1-4H3/t29-,34+,35-,37+/m0/s1. The van der Waals surface area contributed by atoms with Crippen molar-refractivity contribution in [3.8, 4) is 0 Å². The monoisotopic (exact) mass is 677 g/mol. The number of nitrogens with zero attached hydrogens (tertiary/aromatic N) is 4. The van der Waals surface area contributed by atoms with E-state index in [4.69, 9.17) is 21.3 Å². The molecule has 1 amide bonds. The highest BCUT2D eigenvalue weighted by Gasteiger charge is 2.41. The van der Waals surface area contributed by atoms with Crippen molar-refractivity contribution in [2.24, 2.45) is 4.99 Å². The molecule has 48 heavy (non-hydrogen) atoms. The molecule has 2 aromatic rings. The van der Waals surface area contributed by atoms with Crippen LogP contribution in [0.15, 0.2) is 53.5 Å². The predicted octanol–water partition coefficient (Wildman–Crippen LogP) is 6.46. The van der Waals surface area contributed by atoms with Crippen molar-refractivity contribution in [2.45, 2.75) is 116 Å². The molecule has 0 unspecified atom stereocenters. The van der Waals surface area contributed by atoms with Crippen LogP contribution < -0.4 is 5.32 Å². The van der Waals surface area contributed by atoms with E-state index >= 15 is 0 Å². The fraction of sp³-hybridized carbons (Fsp3) is 0.615. The minimum atomic E-state index is -0.584. The lowest BCUT2D eigenvalue weighted by Crippen LogP contribution is -2.62. The Bertz CT molecular complexity index is 1380. The molecule has 0 aliphatic carbocycles. The van der Waals surface area contributed by atoms with Gasteiger partial charge in [-0.3, -0.25) is 9.59 Å². The Kier molecular flexibility index (Phi) is 13.4. The normalized spacial score (nSPS) is 22.5. The van der Waals surface area contributed by atoms with Gasteiger partial charge < -0.3 is 24.8 Å². The van der Waals surface area contributed by atoms with Crippen LogP contribution >= 0.6 is 11.6 Å². The second kappa shape index (κ2) is 17.6. The number of likely N-dealkylation sites (tertiary alicyclic amines) is 1. The van der Waals surface area contributed by atoms with Crippen molar-refractivity contribution in [3.05, 3.63) is 70.2 Å². The fourth-order valence-corrected chi connectivity index (χ4v) is 7.68. The van der Waals surface area contributed by atoms with Crippen molar-refractivity contribution in [2.75, 3.05) is 39.3 Å². The number of benzene rings is 2. The maximum absolute atomic E-state index is 14.4. The van der Waals surface area contributed by atoms with E-state index in [0.29, 0.717) is 38.5 Å². The smallest absolute Gasteiger partial charge is 0.288 e. The van der Waals surface area contributed by atoms with Crippen LogP contribution in [0.1, 0.15) is 95.4 Å². The van der Waals surface area contributed by atoms with Gasteiger partial charge >= 0.3 is 0 Å². The number of ketones is 1. The number of amides is 1. The van der Waals surface area contributed by atoms with Gasteiger partial charge in [0.15, 0.2) is 5.78 Å². The number of carbonyl (C=O) groups is 2. The average Bonchev–Trinajstić information content (AvgIpc) is 3.50. The van der Waals surface area contributed by atoms with Gasteiger partial charge in [0.1, 0.15) is 12.1 Å². The van der Waals surface area contributed by atoms with Crippen molar-refractivity contribution >= 4 is 29.3 Å². The highest BCUT2D eigenvalue weighted by molar-refractivity contribution is 6.31. The number of hydrogen-bond acceptors (Lipinski definition) is 7. The number of rotatable bonds is 14. The first-order valence-corrected chi connectivity index (χ1v) is 18.7. The zero-order valence-electron chi connectivity index (χ0n) is 29.5. The van der Waals surface area contributed by atoms with Crippen LogP contribution in [0.3, 0.4) is 0 Å². The summed E-state index contributed by atoms with van der Waals surface area (Å²) in [6.07, 6.45) is 8.34. The average molecular weight is 678 g/mol. The molecule has 9 heteroatoms. The Morgan fingerprint density at radius 2 is 1.79 bits per heavy atom. The van der Waals surface area contributed by atoms with E-state index in [1.54, 1.807) is 0 Å². The Balaban J connectivity index is 1.29. The molecular formula is C39H56ClN5O3. The number of aryl methyl sites for hydroxylation is 2. The number of piperazine rings is 1. The number of unbranched alkanes of at least 4 members (excludes halogenated alkanes) is 1. The number of nitrogens with one attached hydrogen (secondary N) is 1. The first-order chi connectivity index (χ1) is 23.2. The quantitative estimate of drug-likeness (QED) is 0.232. The van der Waals surface area contributed by atoms with Crippen LogP contribution in [0.4, 0.5) is 0 Å². The second-order valence-corrected chi connectivity index (χ2v) is 14.5. The largest absolute Gasteiger partial charge is 0.455 e. The fourth-order valence-electron chi connectivity index (χ4n) is 7.34. The lowest BCUT2D eigenvalue weighted by molar-refractivity contribution is -0.144. The summed E-state index contributed by atoms with van der Waals surface area (Å²) in [5.74, 6) is 0.0863. The van der Waals surface area contributed by atoms with E-state index in [-0.39, 0.29) is 35.9 Å².